The largest absolute Gasteiger partial charge is 0.507 e. The summed E-state index contributed by atoms with van der Waals surface area (Å²) in [4.78, 5) is 45.4. The number of nitrogens with zero attached hydrogens (tertiary/aromatic N) is 3. The maximum atomic E-state index is 14.1. The zero-order chi connectivity index (χ0) is 29.3. The van der Waals surface area contributed by atoms with Gasteiger partial charge in [0, 0.05) is 62.5 Å². The number of carbonyl (C=O) groups is 3. The van der Waals surface area contributed by atoms with Crippen LogP contribution in [0.3, 0.4) is 0 Å². The van der Waals surface area contributed by atoms with Crippen molar-refractivity contribution in [3.05, 3.63) is 28.3 Å². The fraction of sp³-hybridized carbons (Fsp3) is 0.607. The predicted molar refractivity (Wildman–Crippen MR) is 145 cm³/mol. The van der Waals surface area contributed by atoms with Gasteiger partial charge in [-0.25, -0.2) is 0 Å². The van der Waals surface area contributed by atoms with Gasteiger partial charge in [-0.15, -0.1) is 0 Å². The molecule has 3 fully saturated rings. The third kappa shape index (κ3) is 4.12. The summed E-state index contributed by atoms with van der Waals surface area (Å²) in [6.45, 7) is 2.90. The molecule has 0 spiro atoms. The minimum Gasteiger partial charge on any atom is -0.507 e. The molecule has 6 atom stereocenters. The zero-order valence-electron chi connectivity index (χ0n) is 23.3. The number of aromatic hydroxyl groups is 1. The SMILES string of the molecule is CN(C)c1cc(CN2CCOCC2)c(O)c2c1C[C@@H]1C[C@@H]3[C@@H](N(C)C)C(O)C(C(N)=O)C(=O)[C@]3(O)C(=O)C1=C2O. The lowest BCUT2D eigenvalue weighted by Crippen LogP contribution is -2.73. The highest BCUT2D eigenvalue weighted by atomic mass is 16.5. The van der Waals surface area contributed by atoms with E-state index in [1.165, 1.54) is 0 Å². The number of ether oxygens (including phenoxy) is 1. The number of hydrogen-bond acceptors (Lipinski definition) is 11. The summed E-state index contributed by atoms with van der Waals surface area (Å²) in [5.41, 5.74) is 4.71. The molecule has 4 aliphatic rings. The van der Waals surface area contributed by atoms with Crippen LogP contribution in [-0.2, 0) is 32.1 Å². The van der Waals surface area contributed by atoms with Crippen molar-refractivity contribution in [2.45, 2.75) is 37.1 Å². The minimum atomic E-state index is -2.67. The molecule has 6 N–H and O–H groups in total. The van der Waals surface area contributed by atoms with Crippen molar-refractivity contribution in [3.8, 4) is 5.75 Å². The highest BCUT2D eigenvalue weighted by Gasteiger charge is 2.67. The number of phenolic OH excluding ortho intramolecular Hbond substituents is 1. The van der Waals surface area contributed by atoms with Crippen LogP contribution in [0, 0.1) is 17.8 Å². The van der Waals surface area contributed by atoms with Gasteiger partial charge in [-0.1, -0.05) is 0 Å². The van der Waals surface area contributed by atoms with Crippen molar-refractivity contribution in [1.82, 2.24) is 9.80 Å². The molecule has 0 bridgehead atoms. The topological polar surface area (TPSA) is 177 Å². The van der Waals surface area contributed by atoms with Crippen LogP contribution in [0.2, 0.25) is 0 Å². The molecule has 0 radical (unpaired) electrons. The molecule has 2 unspecified atom stereocenters. The van der Waals surface area contributed by atoms with E-state index in [0.717, 1.165) is 5.69 Å². The van der Waals surface area contributed by atoms with Crippen LogP contribution >= 0.6 is 0 Å². The summed E-state index contributed by atoms with van der Waals surface area (Å²) in [5.74, 6) is -7.40. The van der Waals surface area contributed by atoms with Gasteiger partial charge in [0.2, 0.25) is 11.7 Å². The second-order valence-electron chi connectivity index (χ2n) is 11.8. The smallest absolute Gasteiger partial charge is 0.230 e. The number of primary amides is 1. The lowest BCUT2D eigenvalue weighted by Gasteiger charge is -2.53. The predicted octanol–water partition coefficient (Wildman–Crippen LogP) is -0.973. The van der Waals surface area contributed by atoms with Gasteiger partial charge in [0.15, 0.2) is 11.4 Å². The number of hydrogen-bond donors (Lipinski definition) is 5. The molecule has 1 aromatic rings. The third-order valence-electron chi connectivity index (χ3n) is 9.12. The molecule has 0 aromatic heterocycles. The van der Waals surface area contributed by atoms with E-state index >= 15 is 0 Å². The zero-order valence-corrected chi connectivity index (χ0v) is 23.3. The van der Waals surface area contributed by atoms with Crippen LogP contribution < -0.4 is 10.6 Å². The second-order valence-corrected chi connectivity index (χ2v) is 11.8. The molecule has 12 nitrogen and oxygen atoms in total. The van der Waals surface area contributed by atoms with Gasteiger partial charge in [0.05, 0.1) is 24.9 Å². The van der Waals surface area contributed by atoms with Crippen LogP contribution in [-0.4, -0.2) is 120 Å². The van der Waals surface area contributed by atoms with E-state index in [0.29, 0.717) is 44.0 Å². The number of phenols is 1. The van der Waals surface area contributed by atoms with Crippen LogP contribution in [0.15, 0.2) is 11.6 Å². The third-order valence-corrected chi connectivity index (χ3v) is 9.12. The number of ketones is 2. The summed E-state index contributed by atoms with van der Waals surface area (Å²) in [5, 5.41) is 45.8. The molecular formula is C28H38N4O8. The van der Waals surface area contributed by atoms with Gasteiger partial charge in [-0.05, 0) is 44.5 Å². The van der Waals surface area contributed by atoms with Crippen molar-refractivity contribution < 1.29 is 39.5 Å². The van der Waals surface area contributed by atoms with E-state index in [4.69, 9.17) is 10.5 Å². The molecule has 1 saturated heterocycles. The number of nitrogens with two attached hydrogens (primary N) is 1. The number of likely N-dealkylation sites (N-methyl/N-ethyl adjacent to an activating group) is 1. The highest BCUT2D eigenvalue weighted by molar-refractivity contribution is 6.25. The van der Waals surface area contributed by atoms with E-state index in [2.05, 4.69) is 4.90 Å². The van der Waals surface area contributed by atoms with Crippen LogP contribution in [0.5, 0.6) is 5.75 Å². The van der Waals surface area contributed by atoms with Crippen LogP contribution in [0.4, 0.5) is 5.69 Å². The second kappa shape index (κ2) is 10.1. The van der Waals surface area contributed by atoms with Crippen molar-refractivity contribution in [3.63, 3.8) is 0 Å². The summed E-state index contributed by atoms with van der Waals surface area (Å²) >= 11 is 0. The molecule has 1 heterocycles. The number of carbonyl (C=O) groups excluding carboxylic acids is 3. The van der Waals surface area contributed by atoms with E-state index in [1.54, 1.807) is 19.0 Å². The van der Waals surface area contributed by atoms with Gasteiger partial charge in [-0.2, -0.15) is 0 Å². The first-order valence-corrected chi connectivity index (χ1v) is 13.5. The highest BCUT2D eigenvalue weighted by Crippen LogP contribution is 2.53. The quantitative estimate of drug-likeness (QED) is 0.281. The molecule has 1 aromatic carbocycles. The molecule has 218 valence electrons. The average Bonchev–Trinajstić information content (AvgIpc) is 2.87. The van der Waals surface area contributed by atoms with Gasteiger partial charge in [-0.3, -0.25) is 19.3 Å². The number of anilines is 1. The number of benzene rings is 1. The Kier molecular flexibility index (Phi) is 7.20. The number of rotatable bonds is 5. The lowest BCUT2D eigenvalue weighted by molar-refractivity contribution is -0.184. The van der Waals surface area contributed by atoms with Crippen LogP contribution in [0.25, 0.3) is 5.76 Å². The molecule has 5 rings (SSSR count). The van der Waals surface area contributed by atoms with Crippen molar-refractivity contribution in [2.24, 2.45) is 23.5 Å². The number of aliphatic hydroxyl groups is 3. The van der Waals surface area contributed by atoms with Crippen molar-refractivity contribution >= 4 is 28.9 Å². The summed E-state index contributed by atoms with van der Waals surface area (Å²) in [7, 11) is 6.97. The fourth-order valence-electron chi connectivity index (χ4n) is 7.23. The fourth-order valence-corrected chi connectivity index (χ4v) is 7.23. The maximum Gasteiger partial charge on any atom is 0.230 e. The molecule has 3 aliphatic carbocycles. The van der Waals surface area contributed by atoms with E-state index in [-0.39, 0.29) is 29.7 Å². The van der Waals surface area contributed by atoms with E-state index in [1.807, 2.05) is 25.1 Å². The number of aliphatic hydroxyl groups excluding tert-OH is 2. The first-order valence-electron chi connectivity index (χ1n) is 13.5. The molecule has 1 amide bonds. The normalized spacial score (nSPS) is 32.5. The van der Waals surface area contributed by atoms with Crippen molar-refractivity contribution in [2.75, 3.05) is 59.4 Å². The average molecular weight is 559 g/mol. The first-order chi connectivity index (χ1) is 18.8. The number of morpholine rings is 1. The Labute approximate surface area is 232 Å². The Hall–Kier alpha value is -3.03. The number of Topliss-reactive ketones (excluding diaryl/α,β-unsaturated/α-hetero) is 2. The first kappa shape index (κ1) is 28.5. The van der Waals surface area contributed by atoms with E-state index < -0.39 is 58.7 Å². The lowest BCUT2D eigenvalue weighted by atomic mass is 9.54. The number of amides is 1. The molecule has 1 aliphatic heterocycles. The number of fused-ring (bicyclic) bond motifs is 3. The molecule has 2 saturated carbocycles. The Balaban J connectivity index is 1.66. The maximum absolute atomic E-state index is 14.1. The van der Waals surface area contributed by atoms with Gasteiger partial charge < -0.3 is 40.7 Å². The van der Waals surface area contributed by atoms with Crippen molar-refractivity contribution in [1.29, 1.82) is 0 Å². The standard InChI is InChI=1S/C28H38N4O8/c1-30(2)17-11-14(12-32-5-7-40-8-6-32)22(33)19-15(17)9-13-10-16-21(31(3)4)24(35)20(27(29)38)26(37)28(16,39)25(36)18(13)23(19)34/h11,13,16,20-21,24,33-35,39H,5-10,12H2,1-4H3,(H2,29,38)/t13-,16-,20?,21-,24?,28-/m1/s1. The summed E-state index contributed by atoms with van der Waals surface area (Å²) in [6.07, 6.45) is -1.17. The molecular weight excluding hydrogens is 520 g/mol. The Morgan fingerprint density at radius 2 is 1.82 bits per heavy atom. The summed E-state index contributed by atoms with van der Waals surface area (Å²) in [6, 6.07) is 0.962. The van der Waals surface area contributed by atoms with E-state index in [9.17, 15) is 34.8 Å². The monoisotopic (exact) mass is 558 g/mol. The molecule has 12 heteroatoms. The van der Waals surface area contributed by atoms with Gasteiger partial charge in [0.25, 0.3) is 0 Å². The molecule has 40 heavy (non-hydrogen) atoms. The summed E-state index contributed by atoms with van der Waals surface area (Å²) < 4.78 is 5.42. The Morgan fingerprint density at radius 1 is 1.18 bits per heavy atom. The minimum absolute atomic E-state index is 0.0847. The Morgan fingerprint density at radius 3 is 2.40 bits per heavy atom. The Bertz CT molecular complexity index is 1290. The van der Waals surface area contributed by atoms with Crippen LogP contribution in [0.1, 0.15) is 23.1 Å². The van der Waals surface area contributed by atoms with Gasteiger partial charge in [0.1, 0.15) is 17.4 Å². The van der Waals surface area contributed by atoms with Gasteiger partial charge >= 0.3 is 0 Å².